The van der Waals surface area contributed by atoms with Gasteiger partial charge < -0.3 is 14.8 Å². The predicted molar refractivity (Wildman–Crippen MR) is 664 cm³/mol. The molecule has 3 saturated carbocycles. The molecule has 746 valence electrons. The first-order valence-corrected chi connectivity index (χ1v) is 61.5. The van der Waals surface area contributed by atoms with Crippen LogP contribution in [0.4, 0.5) is 0 Å². The fourth-order valence-electron chi connectivity index (χ4n) is 18.9. The average molecular weight is 2560 g/mol. The predicted octanol–water partition coefficient (Wildman–Crippen LogP) is 33.2. The Bertz CT molecular complexity index is 5450. The van der Waals surface area contributed by atoms with Crippen molar-refractivity contribution in [1.29, 1.82) is 0 Å². The Morgan fingerprint density at radius 3 is 0.586 bits per heavy atom. The van der Waals surface area contributed by atoms with Crippen LogP contribution in [0.1, 0.15) is 165 Å². The Kier molecular flexibility index (Phi) is 51.4. The average Bonchev–Trinajstić information content (AvgIpc) is 0.786. The summed E-state index contributed by atoms with van der Waals surface area (Å²) in [6.07, 6.45) is 21.3. The molecule has 3 aliphatic carbocycles. The van der Waals surface area contributed by atoms with Gasteiger partial charge in [0.25, 0.3) is 0 Å². The third-order valence-electron chi connectivity index (χ3n) is 27.0. The minimum atomic E-state index is -1.35. The molecule has 2 N–H and O–H groups in total. The summed E-state index contributed by atoms with van der Waals surface area (Å²) in [6.45, 7) is 9.94. The molecule has 0 aromatic heterocycles. The maximum Gasteiger partial charge on any atom is 0.488 e. The van der Waals surface area contributed by atoms with E-state index in [1.54, 1.807) is 7.11 Å². The van der Waals surface area contributed by atoms with Gasteiger partial charge in [-0.1, -0.05) is 516 Å². The molecule has 3 aliphatic rings. The van der Waals surface area contributed by atoms with Gasteiger partial charge in [-0.25, -0.2) is 0 Å². The first-order valence-electron chi connectivity index (χ1n) is 50.8. The molecule has 17 aromatic rings. The Hall–Kier alpha value is -7.55. The third-order valence-corrected chi connectivity index (χ3v) is 42.6. The van der Waals surface area contributed by atoms with Gasteiger partial charge in [-0.05, 0) is 360 Å². The number of hydrogen-bond acceptors (Lipinski definition) is 3. The van der Waals surface area contributed by atoms with E-state index in [9.17, 15) is 0 Å². The summed E-state index contributed by atoms with van der Waals surface area (Å²) in [6, 6.07) is 165. The van der Waals surface area contributed by atoms with E-state index in [0.29, 0.717) is 11.4 Å². The molecule has 0 atom stereocenters. The molecule has 0 amide bonds. The van der Waals surface area contributed by atoms with Gasteiger partial charge >= 0.3 is 7.12 Å². The molecule has 3 nitrogen and oxygen atoms in total. The minimum absolute atomic E-state index is 0. The van der Waals surface area contributed by atoms with Crippen LogP contribution in [0.3, 0.4) is 0 Å². The molecule has 145 heavy (non-hydrogen) atoms. The first-order chi connectivity index (χ1) is 70.6. The van der Waals surface area contributed by atoms with E-state index in [1.165, 1.54) is 206 Å². The normalized spacial score (nSPS) is 15.5. The van der Waals surface area contributed by atoms with Gasteiger partial charge in [0.2, 0.25) is 0 Å². The van der Waals surface area contributed by atoms with Crippen molar-refractivity contribution < 1.29 is 35.2 Å². The van der Waals surface area contributed by atoms with Crippen LogP contribution in [0.25, 0.3) is 22.3 Å². The molecule has 0 aliphatic heterocycles. The van der Waals surface area contributed by atoms with E-state index >= 15 is 0 Å². The summed E-state index contributed by atoms with van der Waals surface area (Å²) >= 11 is 19.3. The summed E-state index contributed by atoms with van der Waals surface area (Å²) in [4.78, 5) is 0. The molecule has 0 radical (unpaired) electrons. The SMILES string of the molecule is Brc1cc(I)c(Br)cc1I.CCC1CCC(c2ccc(-c3cc(Br)c(-c4ccc(C5CCC(CC)CC5)cc4)cc3Br)cc2)CC1.CCC1CCC(c2ccc(B(O)O)cc2)CC1.CCCOC.[Pd].c1ccc(P(c2ccccc2)c2ccccc2)cc1.c1ccc(P(c2ccccc2)c2ccccc2)cc1.c1ccc(P(c2ccccc2)c2ccccc2)cc1.c1ccc(P(c2ccccc2)c2ccccc2)cc1. The van der Waals surface area contributed by atoms with E-state index in [1.807, 2.05) is 24.3 Å². The summed E-state index contributed by atoms with van der Waals surface area (Å²) in [5.74, 6) is 4.97. The standard InChI is InChI=1S/C34H40Br2.4C18H15P.C14H21BO2.C6H2Br2I2.C4H10O.Pd/c1-3-23-5-9-25(10-6-23)27-13-17-29(18-14-27)31-21-34(36)32(22-33(31)35)30-19-15-28(16-20-30)26-11-7-24(4-2)8-12-26;4*1-4-10-16(11-5-1)19(17-12-6-2-7-13-17)18-14-8-3-9-15-18;1-2-11-3-5-12(6-4-11)13-7-9-14(10-8-13)15(16)17;7-3-1-5(9)4(8)2-6(3)10;1-3-4-5-2;/h13-26H,3-12H2,1-2H3;4*1-15H;7-12,16-17H,2-6H2,1H3;1-2H;3-4H2,1-2H3;. The van der Waals surface area contributed by atoms with Crippen molar-refractivity contribution in [2.24, 2.45) is 17.8 Å². The summed E-state index contributed by atoms with van der Waals surface area (Å²) < 4.78 is 11.8. The maximum atomic E-state index is 9.05. The molecule has 0 saturated heterocycles. The zero-order valence-corrected chi connectivity index (χ0v) is 99.4. The van der Waals surface area contributed by atoms with Gasteiger partial charge in [-0.15, -0.1) is 0 Å². The van der Waals surface area contributed by atoms with Crippen molar-refractivity contribution in [3.8, 4) is 22.3 Å². The number of benzene rings is 17. The fourth-order valence-corrected chi connectivity index (χ4v) is 31.8. The molecular formula is C130H133BBr4I2O3P4Pd. The zero-order valence-electron chi connectivity index (χ0n) is 83.6. The molecule has 0 spiro atoms. The Morgan fingerprint density at radius 2 is 0.434 bits per heavy atom. The van der Waals surface area contributed by atoms with Crippen LogP contribution in [0.2, 0.25) is 0 Å². The Morgan fingerprint density at radius 1 is 0.255 bits per heavy atom. The second kappa shape index (κ2) is 64.2. The molecule has 20 rings (SSSR count). The molecule has 0 bridgehead atoms. The number of rotatable bonds is 23. The number of ether oxygens (including phenoxy) is 1. The van der Waals surface area contributed by atoms with Crippen LogP contribution in [-0.2, 0) is 25.2 Å². The smallest absolute Gasteiger partial charge is 0.423 e. The van der Waals surface area contributed by atoms with Crippen molar-refractivity contribution in [3.05, 3.63) is 503 Å². The largest absolute Gasteiger partial charge is 0.488 e. The van der Waals surface area contributed by atoms with Crippen LogP contribution >= 0.6 is 141 Å². The maximum absolute atomic E-state index is 9.05. The van der Waals surface area contributed by atoms with Crippen molar-refractivity contribution in [3.63, 3.8) is 0 Å². The summed E-state index contributed by atoms with van der Waals surface area (Å²) in [5.41, 5.74) is 10.0. The van der Waals surface area contributed by atoms with E-state index in [-0.39, 0.29) is 20.4 Å². The van der Waals surface area contributed by atoms with Gasteiger partial charge in [0.1, 0.15) is 0 Å². The van der Waals surface area contributed by atoms with E-state index in [4.69, 9.17) is 14.8 Å². The van der Waals surface area contributed by atoms with Crippen LogP contribution in [0.15, 0.2) is 479 Å². The van der Waals surface area contributed by atoms with Crippen LogP contribution in [-0.4, -0.2) is 30.9 Å². The summed E-state index contributed by atoms with van der Waals surface area (Å²) in [5, 5.41) is 34.9. The van der Waals surface area contributed by atoms with Gasteiger partial charge in [0, 0.05) is 59.2 Å². The van der Waals surface area contributed by atoms with Crippen LogP contribution in [0.5, 0.6) is 0 Å². The van der Waals surface area contributed by atoms with Crippen LogP contribution < -0.4 is 69.1 Å². The van der Waals surface area contributed by atoms with Crippen molar-refractivity contribution in [2.75, 3.05) is 13.7 Å². The molecule has 17 aromatic carbocycles. The topological polar surface area (TPSA) is 49.7 Å². The number of methoxy groups -OCH3 is 1. The molecular weight excluding hydrogens is 2420 g/mol. The number of halogens is 6. The zero-order chi connectivity index (χ0) is 101. The Labute approximate surface area is 946 Å². The number of hydrogen-bond donors (Lipinski definition) is 2. The third kappa shape index (κ3) is 36.4. The van der Waals surface area contributed by atoms with Crippen molar-refractivity contribution >= 4 is 217 Å². The van der Waals surface area contributed by atoms with Gasteiger partial charge in [-0.2, -0.15) is 0 Å². The minimum Gasteiger partial charge on any atom is -0.423 e. The molecule has 15 heteroatoms. The van der Waals surface area contributed by atoms with E-state index < -0.39 is 38.8 Å². The molecule has 0 unspecified atom stereocenters. The van der Waals surface area contributed by atoms with E-state index in [0.717, 1.165) is 60.5 Å². The van der Waals surface area contributed by atoms with Gasteiger partial charge in [-0.3, -0.25) is 0 Å². The van der Waals surface area contributed by atoms with Crippen LogP contribution in [0, 0.1) is 24.9 Å². The van der Waals surface area contributed by atoms with Crippen molar-refractivity contribution in [1.82, 2.24) is 0 Å². The van der Waals surface area contributed by atoms with Gasteiger partial charge in [0.05, 0.1) is 0 Å². The fraction of sp³-hybridized carbons (Fsp3) is 0.215. The molecule has 0 heterocycles. The second-order valence-electron chi connectivity index (χ2n) is 36.5. The molecule has 3 fully saturated rings. The van der Waals surface area contributed by atoms with Crippen molar-refractivity contribution in [2.45, 2.75) is 148 Å². The quantitative estimate of drug-likeness (QED) is 0.0290. The first kappa shape index (κ1) is 116. The van der Waals surface area contributed by atoms with Gasteiger partial charge in [0.15, 0.2) is 0 Å². The van der Waals surface area contributed by atoms with E-state index in [2.05, 4.69) is 573 Å². The second-order valence-corrected chi connectivity index (χ2v) is 51.1. The monoisotopic (exact) mass is 2550 g/mol. The Balaban J connectivity index is 0.000000153. The summed E-state index contributed by atoms with van der Waals surface area (Å²) in [7, 11) is -1.42.